The van der Waals surface area contributed by atoms with Crippen molar-refractivity contribution in [3.63, 3.8) is 0 Å². The summed E-state index contributed by atoms with van der Waals surface area (Å²) in [5.74, 6) is 0. The summed E-state index contributed by atoms with van der Waals surface area (Å²) in [6.45, 7) is 10.8. The second-order valence-corrected chi connectivity index (χ2v) is 11.1. The number of hydrogen-bond acceptors (Lipinski definition) is 2. The normalized spacial score (nSPS) is 12.0. The summed E-state index contributed by atoms with van der Waals surface area (Å²) in [7, 11) is -0.958. The van der Waals surface area contributed by atoms with Crippen molar-refractivity contribution in [2.75, 3.05) is 6.61 Å². The lowest BCUT2D eigenvalue weighted by Gasteiger charge is -2.16. The Bertz CT molecular complexity index is 304. The zero-order valence-electron chi connectivity index (χ0n) is 11.0. The first-order chi connectivity index (χ1) is 7.53. The Hall–Kier alpha value is -0.613. The van der Waals surface area contributed by atoms with E-state index in [2.05, 4.69) is 36.1 Å². The lowest BCUT2D eigenvalue weighted by molar-refractivity contribution is 0.0853. The highest BCUT2D eigenvalue weighted by atomic mass is 28.3. The van der Waals surface area contributed by atoms with Crippen molar-refractivity contribution >= 4 is 8.07 Å². The molecule has 1 heterocycles. The smallest absolute Gasteiger partial charge is 0.123 e. The zero-order chi connectivity index (χ0) is 12.0. The second kappa shape index (κ2) is 6.20. The van der Waals surface area contributed by atoms with Crippen LogP contribution in [-0.2, 0) is 17.9 Å². The molecule has 0 aliphatic heterocycles. The van der Waals surface area contributed by atoms with Gasteiger partial charge in [-0.2, -0.15) is 0 Å². The molecule has 1 rings (SSSR count). The Kier molecular flexibility index (Phi) is 5.22. The van der Waals surface area contributed by atoms with Crippen LogP contribution in [0.4, 0.5) is 0 Å². The van der Waals surface area contributed by atoms with Crippen molar-refractivity contribution in [2.45, 2.75) is 52.2 Å². The highest BCUT2D eigenvalue weighted by Gasteiger charge is 2.12. The summed E-state index contributed by atoms with van der Waals surface area (Å²) < 4.78 is 7.80. The summed E-state index contributed by atoms with van der Waals surface area (Å²) in [5.41, 5.74) is 1.27. The SMILES string of the molecule is CCCc1cncn1COCC[Si](C)(C)C. The van der Waals surface area contributed by atoms with Gasteiger partial charge in [0, 0.05) is 26.6 Å². The fourth-order valence-electron chi connectivity index (χ4n) is 1.47. The van der Waals surface area contributed by atoms with E-state index in [9.17, 15) is 0 Å². The molecule has 0 fully saturated rings. The van der Waals surface area contributed by atoms with Gasteiger partial charge in [-0.3, -0.25) is 0 Å². The monoisotopic (exact) mass is 240 g/mol. The van der Waals surface area contributed by atoms with Gasteiger partial charge in [-0.25, -0.2) is 4.98 Å². The molecule has 0 saturated carbocycles. The van der Waals surface area contributed by atoms with E-state index in [0.717, 1.165) is 19.4 Å². The summed E-state index contributed by atoms with van der Waals surface area (Å²) in [4.78, 5) is 4.16. The molecular weight excluding hydrogens is 216 g/mol. The van der Waals surface area contributed by atoms with E-state index in [4.69, 9.17) is 4.74 Å². The average Bonchev–Trinajstić information content (AvgIpc) is 2.60. The molecule has 0 radical (unpaired) electrons. The molecule has 0 aliphatic rings. The van der Waals surface area contributed by atoms with Crippen LogP contribution in [0, 0.1) is 0 Å². The highest BCUT2D eigenvalue weighted by molar-refractivity contribution is 6.76. The Balaban J connectivity index is 2.29. The second-order valence-electron chi connectivity index (χ2n) is 5.45. The summed E-state index contributed by atoms with van der Waals surface area (Å²) in [5, 5.41) is 0. The maximum atomic E-state index is 5.70. The minimum absolute atomic E-state index is 0.653. The van der Waals surface area contributed by atoms with Crippen molar-refractivity contribution in [1.82, 2.24) is 9.55 Å². The van der Waals surface area contributed by atoms with Crippen molar-refractivity contribution in [3.8, 4) is 0 Å². The lowest BCUT2D eigenvalue weighted by Crippen LogP contribution is -2.22. The quantitative estimate of drug-likeness (QED) is 0.541. The van der Waals surface area contributed by atoms with Crippen molar-refractivity contribution in [2.24, 2.45) is 0 Å². The number of nitrogens with zero attached hydrogens (tertiary/aromatic N) is 2. The van der Waals surface area contributed by atoms with E-state index in [0.29, 0.717) is 6.73 Å². The first-order valence-corrected chi connectivity index (χ1v) is 9.80. The van der Waals surface area contributed by atoms with Crippen LogP contribution in [0.3, 0.4) is 0 Å². The summed E-state index contributed by atoms with van der Waals surface area (Å²) in [6, 6.07) is 1.23. The van der Waals surface area contributed by atoms with Crippen LogP contribution in [0.2, 0.25) is 25.7 Å². The molecule has 1 aromatic rings. The van der Waals surface area contributed by atoms with E-state index in [1.54, 1.807) is 0 Å². The number of ether oxygens (including phenoxy) is 1. The van der Waals surface area contributed by atoms with Crippen LogP contribution in [0.1, 0.15) is 19.0 Å². The molecule has 16 heavy (non-hydrogen) atoms. The van der Waals surface area contributed by atoms with E-state index in [-0.39, 0.29) is 0 Å². The Morgan fingerprint density at radius 2 is 2.12 bits per heavy atom. The summed E-state index contributed by atoms with van der Waals surface area (Å²) in [6.07, 6.45) is 6.03. The van der Waals surface area contributed by atoms with Gasteiger partial charge in [0.15, 0.2) is 0 Å². The number of hydrogen-bond donors (Lipinski definition) is 0. The van der Waals surface area contributed by atoms with E-state index in [1.165, 1.54) is 11.7 Å². The Labute approximate surface area is 99.8 Å². The van der Waals surface area contributed by atoms with Crippen molar-refractivity contribution in [3.05, 3.63) is 18.2 Å². The third kappa shape index (κ3) is 4.94. The molecule has 0 N–H and O–H groups in total. The number of imidazole rings is 1. The maximum Gasteiger partial charge on any atom is 0.123 e. The van der Waals surface area contributed by atoms with Gasteiger partial charge in [-0.05, 0) is 12.5 Å². The molecule has 0 aliphatic carbocycles. The van der Waals surface area contributed by atoms with Crippen LogP contribution in [-0.4, -0.2) is 24.2 Å². The first kappa shape index (κ1) is 13.5. The number of rotatable bonds is 7. The molecule has 0 saturated heterocycles. The molecule has 3 nitrogen and oxygen atoms in total. The molecule has 1 aromatic heterocycles. The van der Waals surface area contributed by atoms with Crippen LogP contribution in [0.25, 0.3) is 0 Å². The molecule has 4 heteroatoms. The molecular formula is C12H24N2OSi. The largest absolute Gasteiger partial charge is 0.361 e. The third-order valence-corrected chi connectivity index (χ3v) is 4.24. The van der Waals surface area contributed by atoms with Gasteiger partial charge in [0.05, 0.1) is 6.33 Å². The fraction of sp³-hybridized carbons (Fsp3) is 0.750. The van der Waals surface area contributed by atoms with Crippen LogP contribution < -0.4 is 0 Å². The molecule has 92 valence electrons. The number of aryl methyl sites for hydroxylation is 1. The first-order valence-electron chi connectivity index (χ1n) is 6.09. The van der Waals surface area contributed by atoms with Crippen molar-refractivity contribution < 1.29 is 4.74 Å². The highest BCUT2D eigenvalue weighted by Crippen LogP contribution is 2.08. The van der Waals surface area contributed by atoms with Gasteiger partial charge >= 0.3 is 0 Å². The maximum absolute atomic E-state index is 5.70. The van der Waals surface area contributed by atoms with Gasteiger partial charge in [0.1, 0.15) is 6.73 Å². The predicted molar refractivity (Wildman–Crippen MR) is 70.3 cm³/mol. The van der Waals surface area contributed by atoms with Gasteiger partial charge < -0.3 is 9.30 Å². The molecule has 0 amide bonds. The van der Waals surface area contributed by atoms with Gasteiger partial charge in [-0.15, -0.1) is 0 Å². The summed E-state index contributed by atoms with van der Waals surface area (Å²) >= 11 is 0. The van der Waals surface area contributed by atoms with Gasteiger partial charge in [0.25, 0.3) is 0 Å². The average molecular weight is 240 g/mol. The van der Waals surface area contributed by atoms with Gasteiger partial charge in [-0.1, -0.05) is 33.0 Å². The Morgan fingerprint density at radius 1 is 1.38 bits per heavy atom. The van der Waals surface area contributed by atoms with E-state index >= 15 is 0 Å². The van der Waals surface area contributed by atoms with E-state index < -0.39 is 8.07 Å². The molecule has 0 spiro atoms. The van der Waals surface area contributed by atoms with Gasteiger partial charge in [0.2, 0.25) is 0 Å². The molecule has 0 unspecified atom stereocenters. The number of aromatic nitrogens is 2. The molecule has 0 atom stereocenters. The third-order valence-electron chi connectivity index (χ3n) is 2.53. The van der Waals surface area contributed by atoms with Crippen molar-refractivity contribution in [1.29, 1.82) is 0 Å². The topological polar surface area (TPSA) is 27.1 Å². The van der Waals surface area contributed by atoms with Crippen LogP contribution in [0.5, 0.6) is 0 Å². The zero-order valence-corrected chi connectivity index (χ0v) is 12.0. The lowest BCUT2D eigenvalue weighted by atomic mass is 10.3. The molecule has 0 bridgehead atoms. The minimum Gasteiger partial charge on any atom is -0.361 e. The minimum atomic E-state index is -0.958. The molecule has 0 aromatic carbocycles. The fourth-order valence-corrected chi connectivity index (χ4v) is 2.23. The Morgan fingerprint density at radius 3 is 2.75 bits per heavy atom. The predicted octanol–water partition coefficient (Wildman–Crippen LogP) is 3.15. The van der Waals surface area contributed by atoms with Crippen LogP contribution in [0.15, 0.2) is 12.5 Å². The van der Waals surface area contributed by atoms with Crippen LogP contribution >= 0.6 is 0 Å². The van der Waals surface area contributed by atoms with E-state index in [1.807, 2.05) is 12.5 Å². The standard InChI is InChI=1S/C12H24N2OSi/c1-5-6-12-9-13-10-14(12)11-15-7-8-16(2,3)4/h9-10H,5-8,11H2,1-4H3.